The second kappa shape index (κ2) is 4.47. The van der Waals surface area contributed by atoms with Gasteiger partial charge in [0.25, 0.3) is 0 Å². The summed E-state index contributed by atoms with van der Waals surface area (Å²) < 4.78 is 0. The fourth-order valence-corrected chi connectivity index (χ4v) is 1.67. The first-order chi connectivity index (χ1) is 5.72. The predicted octanol–water partition coefficient (Wildman–Crippen LogP) is 1.84. The molecule has 0 amide bonds. The van der Waals surface area contributed by atoms with Crippen molar-refractivity contribution in [3.8, 4) is 6.07 Å². The average Bonchev–Trinajstić information content (AvgIpc) is 2.05. The van der Waals surface area contributed by atoms with Crippen LogP contribution in [0.15, 0.2) is 0 Å². The van der Waals surface area contributed by atoms with Gasteiger partial charge < -0.3 is 4.90 Å². The molecule has 67 valence electrons. The Morgan fingerprint density at radius 1 is 1.42 bits per heavy atom. The van der Waals surface area contributed by atoms with E-state index in [9.17, 15) is 0 Å². The van der Waals surface area contributed by atoms with Crippen LogP contribution < -0.4 is 0 Å². The highest BCUT2D eigenvalue weighted by molar-refractivity contribution is 4.90. The summed E-state index contributed by atoms with van der Waals surface area (Å²) in [5.41, 5.74) is 0. The maximum Gasteiger partial charge on any atom is 0.0656 e. The van der Waals surface area contributed by atoms with Crippen LogP contribution in [0.2, 0.25) is 0 Å². The standard InChI is InChI=1S/C10H17N2/c1-9(2)8-12-5-3-10(7-11)4-6-12/h10H,3-6,8H2,1-2H3. The van der Waals surface area contributed by atoms with Crippen LogP contribution in [0.1, 0.15) is 26.7 Å². The molecule has 0 unspecified atom stereocenters. The first-order valence-corrected chi connectivity index (χ1v) is 4.63. The number of likely N-dealkylation sites (tertiary alicyclic amines) is 1. The number of rotatable bonds is 2. The number of hydrogen-bond acceptors (Lipinski definition) is 2. The molecule has 1 heterocycles. The normalized spacial score (nSPS) is 21.2. The van der Waals surface area contributed by atoms with Crippen molar-refractivity contribution < 1.29 is 0 Å². The van der Waals surface area contributed by atoms with Gasteiger partial charge in [0.15, 0.2) is 0 Å². The van der Waals surface area contributed by atoms with Crippen LogP contribution in [0.3, 0.4) is 0 Å². The number of nitrogens with zero attached hydrogens (tertiary/aromatic N) is 2. The molecule has 0 saturated carbocycles. The summed E-state index contributed by atoms with van der Waals surface area (Å²) >= 11 is 0. The van der Waals surface area contributed by atoms with Gasteiger partial charge in [-0.2, -0.15) is 5.26 Å². The van der Waals surface area contributed by atoms with Gasteiger partial charge in [-0.25, -0.2) is 0 Å². The lowest BCUT2D eigenvalue weighted by Gasteiger charge is -2.29. The second-order valence-electron chi connectivity index (χ2n) is 3.89. The first-order valence-electron chi connectivity index (χ1n) is 4.63. The molecule has 1 rings (SSSR count). The molecule has 0 aromatic rings. The van der Waals surface area contributed by atoms with Gasteiger partial charge in [-0.1, -0.05) is 13.8 Å². The summed E-state index contributed by atoms with van der Waals surface area (Å²) in [6.45, 7) is 7.64. The highest BCUT2D eigenvalue weighted by Gasteiger charge is 2.18. The Balaban J connectivity index is 2.23. The minimum Gasteiger partial charge on any atom is -0.303 e. The van der Waals surface area contributed by atoms with Crippen molar-refractivity contribution in [2.75, 3.05) is 19.6 Å². The highest BCUT2D eigenvalue weighted by atomic mass is 15.1. The number of piperidine rings is 1. The molecule has 1 radical (unpaired) electrons. The molecule has 0 aliphatic carbocycles. The molecule has 0 aromatic heterocycles. The number of hydrogen-bond donors (Lipinski definition) is 0. The van der Waals surface area contributed by atoms with E-state index in [1.165, 1.54) is 5.92 Å². The zero-order valence-corrected chi connectivity index (χ0v) is 8.01. The third-order valence-corrected chi connectivity index (χ3v) is 2.31. The Kier molecular flexibility index (Phi) is 3.55. The maximum atomic E-state index is 8.69. The van der Waals surface area contributed by atoms with Crippen molar-refractivity contribution in [2.24, 2.45) is 5.92 Å². The van der Waals surface area contributed by atoms with Crippen molar-refractivity contribution >= 4 is 0 Å². The molecule has 0 aromatic carbocycles. The quantitative estimate of drug-likeness (QED) is 0.624. The first kappa shape index (κ1) is 9.54. The summed E-state index contributed by atoms with van der Waals surface area (Å²) in [6, 6.07) is 2.34. The molecule has 2 heteroatoms. The molecule has 1 saturated heterocycles. The minimum atomic E-state index is 0.318. The summed E-state index contributed by atoms with van der Waals surface area (Å²) in [5.74, 6) is 1.78. The van der Waals surface area contributed by atoms with E-state index in [-0.39, 0.29) is 0 Å². The van der Waals surface area contributed by atoms with Gasteiger partial charge in [0.1, 0.15) is 0 Å². The molecule has 1 aliphatic rings. The summed E-state index contributed by atoms with van der Waals surface area (Å²) in [5, 5.41) is 8.69. The molecule has 0 N–H and O–H groups in total. The lowest BCUT2D eigenvalue weighted by Crippen LogP contribution is -2.35. The Morgan fingerprint density at radius 3 is 2.42 bits per heavy atom. The van der Waals surface area contributed by atoms with E-state index in [0.29, 0.717) is 5.92 Å². The summed E-state index contributed by atoms with van der Waals surface area (Å²) in [4.78, 5) is 2.43. The van der Waals surface area contributed by atoms with Crippen molar-refractivity contribution in [1.29, 1.82) is 5.26 Å². The minimum absolute atomic E-state index is 0.318. The van der Waals surface area contributed by atoms with Gasteiger partial charge in [0.05, 0.1) is 6.07 Å². The molecule has 0 atom stereocenters. The van der Waals surface area contributed by atoms with Gasteiger partial charge in [-0.3, -0.25) is 0 Å². The van der Waals surface area contributed by atoms with Crippen LogP contribution in [0.4, 0.5) is 0 Å². The Labute approximate surface area is 75.2 Å². The SMILES string of the molecule is C[C](C)CN1CCC(C#N)CC1. The van der Waals surface area contributed by atoms with E-state index in [0.717, 1.165) is 32.5 Å². The molecule has 0 bridgehead atoms. The fourth-order valence-electron chi connectivity index (χ4n) is 1.67. The molecule has 2 nitrogen and oxygen atoms in total. The van der Waals surface area contributed by atoms with Gasteiger partial charge >= 0.3 is 0 Å². The van der Waals surface area contributed by atoms with Crippen LogP contribution in [0, 0.1) is 23.2 Å². The fraction of sp³-hybridized carbons (Fsp3) is 0.800. The van der Waals surface area contributed by atoms with Crippen molar-refractivity contribution in [3.05, 3.63) is 5.92 Å². The van der Waals surface area contributed by atoms with Crippen LogP contribution in [0.5, 0.6) is 0 Å². The van der Waals surface area contributed by atoms with Crippen LogP contribution in [-0.2, 0) is 0 Å². The molecule has 12 heavy (non-hydrogen) atoms. The van der Waals surface area contributed by atoms with Crippen LogP contribution in [-0.4, -0.2) is 24.5 Å². The Morgan fingerprint density at radius 2 is 2.00 bits per heavy atom. The average molecular weight is 165 g/mol. The zero-order chi connectivity index (χ0) is 8.97. The Bertz CT molecular complexity index is 161. The van der Waals surface area contributed by atoms with Gasteiger partial charge in [0.2, 0.25) is 0 Å². The molecular weight excluding hydrogens is 148 g/mol. The summed E-state index contributed by atoms with van der Waals surface area (Å²) in [7, 11) is 0. The molecule has 1 fully saturated rings. The van der Waals surface area contributed by atoms with Crippen LogP contribution >= 0.6 is 0 Å². The topological polar surface area (TPSA) is 27.0 Å². The Hall–Kier alpha value is -0.550. The molecular formula is C10H17N2. The largest absolute Gasteiger partial charge is 0.303 e. The second-order valence-corrected chi connectivity index (χ2v) is 3.89. The summed E-state index contributed by atoms with van der Waals surface area (Å²) in [6.07, 6.45) is 2.12. The lowest BCUT2D eigenvalue weighted by atomic mass is 9.98. The van der Waals surface area contributed by atoms with Crippen LogP contribution in [0.25, 0.3) is 0 Å². The molecule has 1 aliphatic heterocycles. The van der Waals surface area contributed by atoms with Crippen molar-refractivity contribution in [2.45, 2.75) is 26.7 Å². The van der Waals surface area contributed by atoms with E-state index < -0.39 is 0 Å². The number of nitriles is 1. The van der Waals surface area contributed by atoms with E-state index in [4.69, 9.17) is 5.26 Å². The van der Waals surface area contributed by atoms with Gasteiger partial charge in [-0.05, 0) is 31.8 Å². The zero-order valence-electron chi connectivity index (χ0n) is 8.01. The van der Waals surface area contributed by atoms with Gasteiger partial charge in [-0.15, -0.1) is 0 Å². The van der Waals surface area contributed by atoms with E-state index in [2.05, 4.69) is 24.8 Å². The predicted molar refractivity (Wildman–Crippen MR) is 49.4 cm³/mol. The van der Waals surface area contributed by atoms with E-state index >= 15 is 0 Å². The highest BCUT2D eigenvalue weighted by Crippen LogP contribution is 2.16. The van der Waals surface area contributed by atoms with E-state index in [1.54, 1.807) is 0 Å². The molecule has 0 spiro atoms. The van der Waals surface area contributed by atoms with Crippen molar-refractivity contribution in [1.82, 2.24) is 4.90 Å². The smallest absolute Gasteiger partial charge is 0.0656 e. The third-order valence-electron chi connectivity index (χ3n) is 2.31. The van der Waals surface area contributed by atoms with E-state index in [1.807, 2.05) is 0 Å². The van der Waals surface area contributed by atoms with Gasteiger partial charge in [0, 0.05) is 12.5 Å². The monoisotopic (exact) mass is 165 g/mol. The van der Waals surface area contributed by atoms with Crippen molar-refractivity contribution in [3.63, 3.8) is 0 Å². The lowest BCUT2D eigenvalue weighted by molar-refractivity contribution is 0.213. The third kappa shape index (κ3) is 2.83. The maximum absolute atomic E-state index is 8.69.